The molecular weight excluding hydrogens is 230 g/mol. The van der Waals surface area contributed by atoms with Gasteiger partial charge in [0, 0.05) is 22.7 Å². The molecule has 0 amide bonds. The number of hydrogen-bond donors (Lipinski definition) is 2. The molecule has 92 valence electrons. The van der Waals surface area contributed by atoms with Crippen molar-refractivity contribution in [1.82, 2.24) is 10.1 Å². The van der Waals surface area contributed by atoms with Gasteiger partial charge in [-0.2, -0.15) is 0 Å². The van der Waals surface area contributed by atoms with Crippen LogP contribution in [0.5, 0.6) is 5.75 Å². The summed E-state index contributed by atoms with van der Waals surface area (Å²) < 4.78 is 10.3. The Morgan fingerprint density at radius 2 is 2.22 bits per heavy atom. The largest absolute Gasteiger partial charge is 0.495 e. The topological polar surface area (TPSA) is 77.1 Å². The maximum absolute atomic E-state index is 5.57. The summed E-state index contributed by atoms with van der Waals surface area (Å²) in [5.74, 6) is 1.11. The van der Waals surface area contributed by atoms with Crippen LogP contribution in [0.15, 0.2) is 28.8 Å². The summed E-state index contributed by atoms with van der Waals surface area (Å²) >= 11 is 0. The van der Waals surface area contributed by atoms with Crippen LogP contribution in [-0.2, 0) is 0 Å². The number of aryl methyl sites for hydroxylation is 1. The van der Waals surface area contributed by atoms with Crippen LogP contribution >= 0.6 is 0 Å². The quantitative estimate of drug-likeness (QED) is 0.725. The lowest BCUT2D eigenvalue weighted by atomic mass is 10.1. The van der Waals surface area contributed by atoms with Crippen LogP contribution in [0.1, 0.15) is 5.69 Å². The van der Waals surface area contributed by atoms with Gasteiger partial charge in [0.1, 0.15) is 11.4 Å². The minimum atomic E-state index is 0.307. The zero-order valence-corrected chi connectivity index (χ0v) is 10.2. The third-order valence-corrected chi connectivity index (χ3v) is 2.99. The molecule has 3 rings (SSSR count). The van der Waals surface area contributed by atoms with E-state index in [-0.39, 0.29) is 0 Å². The van der Waals surface area contributed by atoms with Gasteiger partial charge in [0.25, 0.3) is 0 Å². The molecule has 3 aromatic rings. The molecule has 0 spiro atoms. The second kappa shape index (κ2) is 3.80. The Hall–Kier alpha value is -2.43. The van der Waals surface area contributed by atoms with E-state index in [9.17, 15) is 0 Å². The van der Waals surface area contributed by atoms with Gasteiger partial charge in [0.05, 0.1) is 12.6 Å². The first kappa shape index (κ1) is 10.7. The van der Waals surface area contributed by atoms with E-state index >= 15 is 0 Å². The highest BCUT2D eigenvalue weighted by Gasteiger charge is 2.16. The molecule has 0 aliphatic rings. The molecule has 0 fully saturated rings. The van der Waals surface area contributed by atoms with Crippen molar-refractivity contribution < 1.29 is 9.26 Å². The summed E-state index contributed by atoms with van der Waals surface area (Å²) in [6, 6.07) is 7.59. The first-order valence-corrected chi connectivity index (χ1v) is 5.58. The number of benzene rings is 1. The van der Waals surface area contributed by atoms with Gasteiger partial charge in [-0.05, 0) is 13.0 Å². The van der Waals surface area contributed by atoms with Gasteiger partial charge in [-0.1, -0.05) is 17.3 Å². The number of aromatic nitrogens is 2. The van der Waals surface area contributed by atoms with Crippen molar-refractivity contribution in [2.75, 3.05) is 12.8 Å². The summed E-state index contributed by atoms with van der Waals surface area (Å²) in [6.07, 6.45) is 0. The first-order valence-electron chi connectivity index (χ1n) is 5.58. The van der Waals surface area contributed by atoms with E-state index in [2.05, 4.69) is 10.1 Å². The minimum absolute atomic E-state index is 0.307. The summed E-state index contributed by atoms with van der Waals surface area (Å²) in [5, 5.41) is 5.01. The number of rotatable bonds is 2. The lowest BCUT2D eigenvalue weighted by Gasteiger charge is -2.00. The molecule has 0 atom stereocenters. The van der Waals surface area contributed by atoms with Crippen molar-refractivity contribution in [1.29, 1.82) is 0 Å². The fourth-order valence-corrected chi connectivity index (χ4v) is 2.23. The Labute approximate surface area is 104 Å². The Balaban J connectivity index is 2.33. The van der Waals surface area contributed by atoms with Crippen molar-refractivity contribution in [2.45, 2.75) is 6.92 Å². The number of nitrogens with two attached hydrogens (primary N) is 1. The van der Waals surface area contributed by atoms with Gasteiger partial charge in [0.2, 0.25) is 5.88 Å². The van der Waals surface area contributed by atoms with E-state index in [0.717, 1.165) is 33.6 Å². The van der Waals surface area contributed by atoms with E-state index in [0.29, 0.717) is 5.88 Å². The van der Waals surface area contributed by atoms with E-state index in [1.165, 1.54) is 0 Å². The van der Waals surface area contributed by atoms with Crippen molar-refractivity contribution in [3.8, 4) is 17.0 Å². The molecule has 5 nitrogen and oxygen atoms in total. The maximum Gasteiger partial charge on any atom is 0.222 e. The van der Waals surface area contributed by atoms with Gasteiger partial charge in [0.15, 0.2) is 0 Å². The highest BCUT2D eigenvalue weighted by atomic mass is 16.5. The van der Waals surface area contributed by atoms with E-state index in [4.69, 9.17) is 15.0 Å². The molecule has 5 heteroatoms. The van der Waals surface area contributed by atoms with Crippen molar-refractivity contribution in [2.24, 2.45) is 0 Å². The van der Waals surface area contributed by atoms with Gasteiger partial charge in [-0.3, -0.25) is 0 Å². The van der Waals surface area contributed by atoms with Crippen molar-refractivity contribution in [3.63, 3.8) is 0 Å². The molecule has 0 saturated carbocycles. The number of para-hydroxylation sites is 1. The lowest BCUT2D eigenvalue weighted by Crippen LogP contribution is -1.83. The molecule has 1 aromatic carbocycles. The zero-order valence-electron chi connectivity index (χ0n) is 10.2. The molecule has 18 heavy (non-hydrogen) atoms. The summed E-state index contributed by atoms with van der Waals surface area (Å²) in [7, 11) is 1.65. The standard InChI is InChI=1S/C13H13N3O2/c1-7-12(9-6-11(14)18-16-9)8-4-3-5-10(17-2)13(8)15-7/h3-6,15H,14H2,1-2H3. The number of anilines is 1. The number of nitrogens with zero attached hydrogens (tertiary/aromatic N) is 1. The lowest BCUT2D eigenvalue weighted by molar-refractivity contribution is 0.419. The van der Waals surface area contributed by atoms with Crippen LogP contribution in [0.2, 0.25) is 0 Å². The van der Waals surface area contributed by atoms with Crippen LogP contribution in [0.3, 0.4) is 0 Å². The first-order chi connectivity index (χ1) is 8.70. The number of nitrogen functional groups attached to an aromatic ring is 1. The molecule has 3 N–H and O–H groups in total. The molecule has 0 saturated heterocycles. The number of H-pyrrole nitrogens is 1. The third kappa shape index (κ3) is 1.44. The minimum Gasteiger partial charge on any atom is -0.495 e. The smallest absolute Gasteiger partial charge is 0.222 e. The predicted molar refractivity (Wildman–Crippen MR) is 69.5 cm³/mol. The summed E-state index contributed by atoms with van der Waals surface area (Å²) in [6.45, 7) is 1.99. The van der Waals surface area contributed by atoms with Gasteiger partial charge < -0.3 is 20.0 Å². The zero-order chi connectivity index (χ0) is 12.7. The molecule has 0 unspecified atom stereocenters. The molecule has 0 aliphatic heterocycles. The number of ether oxygens (including phenoxy) is 1. The van der Waals surface area contributed by atoms with Crippen molar-refractivity contribution in [3.05, 3.63) is 30.0 Å². The van der Waals surface area contributed by atoms with Crippen LogP contribution in [-0.4, -0.2) is 17.3 Å². The number of aromatic amines is 1. The van der Waals surface area contributed by atoms with E-state index in [1.54, 1.807) is 13.2 Å². The maximum atomic E-state index is 5.57. The monoisotopic (exact) mass is 243 g/mol. The molecule has 0 aliphatic carbocycles. The van der Waals surface area contributed by atoms with Crippen molar-refractivity contribution >= 4 is 16.8 Å². The van der Waals surface area contributed by atoms with Crippen LogP contribution in [0.4, 0.5) is 5.88 Å². The fourth-order valence-electron chi connectivity index (χ4n) is 2.23. The normalized spacial score (nSPS) is 11.0. The number of fused-ring (bicyclic) bond motifs is 1. The molecule has 0 radical (unpaired) electrons. The third-order valence-electron chi connectivity index (χ3n) is 2.99. The SMILES string of the molecule is COc1cccc2c(-c3cc(N)on3)c(C)[nH]c12. The Kier molecular flexibility index (Phi) is 2.26. The summed E-state index contributed by atoms with van der Waals surface area (Å²) in [4.78, 5) is 3.31. The van der Waals surface area contributed by atoms with Crippen LogP contribution in [0, 0.1) is 6.92 Å². The summed E-state index contributed by atoms with van der Waals surface area (Å²) in [5.41, 5.74) is 9.24. The average molecular weight is 243 g/mol. The molecule has 2 heterocycles. The number of methoxy groups -OCH3 is 1. The Morgan fingerprint density at radius 3 is 2.89 bits per heavy atom. The molecular formula is C13H13N3O2. The van der Waals surface area contributed by atoms with E-state index in [1.807, 2.05) is 25.1 Å². The van der Waals surface area contributed by atoms with Crippen LogP contribution < -0.4 is 10.5 Å². The van der Waals surface area contributed by atoms with Gasteiger partial charge >= 0.3 is 0 Å². The van der Waals surface area contributed by atoms with Gasteiger partial charge in [-0.25, -0.2) is 0 Å². The second-order valence-electron chi connectivity index (χ2n) is 4.12. The molecule has 2 aromatic heterocycles. The average Bonchev–Trinajstić information content (AvgIpc) is 2.91. The highest BCUT2D eigenvalue weighted by Crippen LogP contribution is 2.35. The highest BCUT2D eigenvalue weighted by molar-refractivity contribution is 5.99. The Morgan fingerprint density at radius 1 is 1.39 bits per heavy atom. The Bertz CT molecular complexity index is 712. The van der Waals surface area contributed by atoms with Crippen LogP contribution in [0.25, 0.3) is 22.2 Å². The number of nitrogens with one attached hydrogen (secondary N) is 1. The second-order valence-corrected chi connectivity index (χ2v) is 4.12. The van der Waals surface area contributed by atoms with E-state index < -0.39 is 0 Å². The van der Waals surface area contributed by atoms with Gasteiger partial charge in [-0.15, -0.1) is 0 Å². The number of hydrogen-bond acceptors (Lipinski definition) is 4. The fraction of sp³-hybridized carbons (Fsp3) is 0.154. The predicted octanol–water partition coefficient (Wildman–Crippen LogP) is 2.72. The molecule has 0 bridgehead atoms.